The van der Waals surface area contributed by atoms with Gasteiger partial charge in [-0.3, -0.25) is 0 Å². The molecular formula is C16H24N2O. The third-order valence-electron chi connectivity index (χ3n) is 3.59. The predicted octanol–water partition coefficient (Wildman–Crippen LogP) is 3.42. The number of benzene rings is 1. The van der Waals surface area contributed by atoms with Gasteiger partial charge in [-0.15, -0.1) is 0 Å². The van der Waals surface area contributed by atoms with Gasteiger partial charge in [-0.25, -0.2) is 0 Å². The number of hydrogen-bond donors (Lipinski definition) is 1. The average molecular weight is 260 g/mol. The summed E-state index contributed by atoms with van der Waals surface area (Å²) in [4.78, 5) is 2.33. The van der Waals surface area contributed by atoms with Crippen LogP contribution in [0.5, 0.6) is 0 Å². The molecule has 0 amide bonds. The summed E-state index contributed by atoms with van der Waals surface area (Å²) in [6, 6.07) is 11.1. The van der Waals surface area contributed by atoms with Gasteiger partial charge in [0.2, 0.25) is 0 Å². The molecule has 3 nitrogen and oxygen atoms in total. The Labute approximate surface area is 115 Å². The summed E-state index contributed by atoms with van der Waals surface area (Å²) >= 11 is 0. The standard InChI is InChI=1S/C16H24N2O/c1-5-17-14(11-18(4)12(2)3)16-10-13-8-6-7-9-15(13)19-16/h6-10,12,14,17H,5,11H2,1-4H3. The second-order valence-electron chi connectivity index (χ2n) is 5.33. The Hall–Kier alpha value is -1.32. The molecule has 0 saturated carbocycles. The van der Waals surface area contributed by atoms with E-state index in [1.54, 1.807) is 0 Å². The molecule has 2 aromatic rings. The maximum Gasteiger partial charge on any atom is 0.134 e. The number of likely N-dealkylation sites (N-methyl/N-ethyl adjacent to an activating group) is 2. The van der Waals surface area contributed by atoms with Crippen molar-refractivity contribution < 1.29 is 4.42 Å². The van der Waals surface area contributed by atoms with E-state index in [0.29, 0.717) is 6.04 Å². The molecule has 1 N–H and O–H groups in total. The number of furan rings is 1. The molecule has 0 spiro atoms. The lowest BCUT2D eigenvalue weighted by atomic mass is 10.1. The molecule has 0 bridgehead atoms. The van der Waals surface area contributed by atoms with Crippen LogP contribution in [0.25, 0.3) is 11.0 Å². The number of nitrogens with zero attached hydrogens (tertiary/aromatic N) is 1. The van der Waals surface area contributed by atoms with Crippen LogP contribution in [0.4, 0.5) is 0 Å². The van der Waals surface area contributed by atoms with Crippen LogP contribution in [-0.2, 0) is 0 Å². The summed E-state index contributed by atoms with van der Waals surface area (Å²) in [5.41, 5.74) is 0.965. The van der Waals surface area contributed by atoms with Crippen molar-refractivity contribution >= 4 is 11.0 Å². The van der Waals surface area contributed by atoms with Crippen LogP contribution in [0.3, 0.4) is 0 Å². The monoisotopic (exact) mass is 260 g/mol. The Kier molecular flexibility index (Phi) is 4.61. The highest BCUT2D eigenvalue weighted by molar-refractivity contribution is 5.77. The highest BCUT2D eigenvalue weighted by Gasteiger charge is 2.18. The second-order valence-corrected chi connectivity index (χ2v) is 5.33. The van der Waals surface area contributed by atoms with Crippen LogP contribution < -0.4 is 5.32 Å². The van der Waals surface area contributed by atoms with Crippen LogP contribution in [0.1, 0.15) is 32.6 Å². The highest BCUT2D eigenvalue weighted by Crippen LogP contribution is 2.24. The van der Waals surface area contributed by atoms with E-state index >= 15 is 0 Å². The molecule has 0 saturated heterocycles. The van der Waals surface area contributed by atoms with Gasteiger partial charge in [-0.05, 0) is 39.6 Å². The third kappa shape index (κ3) is 3.37. The Bertz CT molecular complexity index is 485. The van der Waals surface area contributed by atoms with Gasteiger partial charge in [-0.1, -0.05) is 25.1 Å². The molecule has 0 aliphatic carbocycles. The van der Waals surface area contributed by atoms with Crippen molar-refractivity contribution in [1.82, 2.24) is 10.2 Å². The zero-order valence-corrected chi connectivity index (χ0v) is 12.3. The van der Waals surface area contributed by atoms with Crippen molar-refractivity contribution in [2.75, 3.05) is 20.1 Å². The fraction of sp³-hybridized carbons (Fsp3) is 0.500. The van der Waals surface area contributed by atoms with E-state index in [-0.39, 0.29) is 6.04 Å². The van der Waals surface area contributed by atoms with Gasteiger partial charge in [0.25, 0.3) is 0 Å². The molecule has 0 radical (unpaired) electrons. The lowest BCUT2D eigenvalue weighted by Crippen LogP contribution is -2.36. The smallest absolute Gasteiger partial charge is 0.134 e. The highest BCUT2D eigenvalue weighted by atomic mass is 16.3. The first-order valence-electron chi connectivity index (χ1n) is 7.04. The first-order valence-corrected chi connectivity index (χ1v) is 7.04. The second kappa shape index (κ2) is 6.22. The lowest BCUT2D eigenvalue weighted by molar-refractivity contribution is 0.232. The molecule has 1 atom stereocenters. The maximum absolute atomic E-state index is 5.97. The molecule has 1 aromatic carbocycles. The summed E-state index contributed by atoms with van der Waals surface area (Å²) in [7, 11) is 2.15. The third-order valence-corrected chi connectivity index (χ3v) is 3.59. The Balaban J connectivity index is 2.22. The predicted molar refractivity (Wildman–Crippen MR) is 80.4 cm³/mol. The van der Waals surface area contributed by atoms with Crippen LogP contribution in [0.15, 0.2) is 34.7 Å². The van der Waals surface area contributed by atoms with Gasteiger partial charge in [0, 0.05) is 18.0 Å². The molecule has 0 aliphatic heterocycles. The van der Waals surface area contributed by atoms with E-state index < -0.39 is 0 Å². The zero-order chi connectivity index (χ0) is 13.8. The van der Waals surface area contributed by atoms with Crippen molar-refractivity contribution in [2.24, 2.45) is 0 Å². The number of hydrogen-bond acceptors (Lipinski definition) is 3. The lowest BCUT2D eigenvalue weighted by Gasteiger charge is -2.26. The summed E-state index contributed by atoms with van der Waals surface area (Å²) in [6.07, 6.45) is 0. The van der Waals surface area contributed by atoms with Crippen molar-refractivity contribution in [3.8, 4) is 0 Å². The molecule has 104 valence electrons. The SMILES string of the molecule is CCNC(CN(C)C(C)C)c1cc2ccccc2o1. The van der Waals surface area contributed by atoms with Gasteiger partial charge in [0.1, 0.15) is 11.3 Å². The van der Waals surface area contributed by atoms with Crippen LogP contribution in [0.2, 0.25) is 0 Å². The summed E-state index contributed by atoms with van der Waals surface area (Å²) in [5, 5.41) is 4.68. The molecular weight excluding hydrogens is 236 g/mol. The Morgan fingerprint density at radius 1 is 1.26 bits per heavy atom. The van der Waals surface area contributed by atoms with Crippen LogP contribution >= 0.6 is 0 Å². The number of para-hydroxylation sites is 1. The molecule has 3 heteroatoms. The van der Waals surface area contributed by atoms with E-state index in [0.717, 1.165) is 24.4 Å². The molecule has 1 aromatic heterocycles. The van der Waals surface area contributed by atoms with E-state index in [1.165, 1.54) is 5.39 Å². The number of fused-ring (bicyclic) bond motifs is 1. The van der Waals surface area contributed by atoms with E-state index in [2.05, 4.69) is 50.2 Å². The van der Waals surface area contributed by atoms with Crippen molar-refractivity contribution in [2.45, 2.75) is 32.9 Å². The minimum Gasteiger partial charge on any atom is -0.459 e. The molecule has 19 heavy (non-hydrogen) atoms. The Morgan fingerprint density at radius 2 is 2.00 bits per heavy atom. The fourth-order valence-corrected chi connectivity index (χ4v) is 2.17. The van der Waals surface area contributed by atoms with Crippen molar-refractivity contribution in [3.05, 3.63) is 36.1 Å². The largest absolute Gasteiger partial charge is 0.459 e. The van der Waals surface area contributed by atoms with Gasteiger partial charge >= 0.3 is 0 Å². The topological polar surface area (TPSA) is 28.4 Å². The van der Waals surface area contributed by atoms with E-state index in [9.17, 15) is 0 Å². The minimum absolute atomic E-state index is 0.241. The van der Waals surface area contributed by atoms with Crippen LogP contribution in [0, 0.1) is 0 Å². The normalized spacial score (nSPS) is 13.6. The maximum atomic E-state index is 5.97. The average Bonchev–Trinajstić information content (AvgIpc) is 2.81. The van der Waals surface area contributed by atoms with Crippen molar-refractivity contribution in [1.29, 1.82) is 0 Å². The summed E-state index contributed by atoms with van der Waals surface area (Å²) in [6.45, 7) is 8.44. The quantitative estimate of drug-likeness (QED) is 0.862. The van der Waals surface area contributed by atoms with Gasteiger partial charge in [-0.2, -0.15) is 0 Å². The van der Waals surface area contributed by atoms with E-state index in [4.69, 9.17) is 4.42 Å². The fourth-order valence-electron chi connectivity index (χ4n) is 2.17. The molecule has 0 fully saturated rings. The van der Waals surface area contributed by atoms with Gasteiger partial charge < -0.3 is 14.6 Å². The molecule has 1 heterocycles. The summed E-state index contributed by atoms with van der Waals surface area (Å²) in [5.74, 6) is 1.02. The zero-order valence-electron chi connectivity index (χ0n) is 12.3. The molecule has 2 rings (SSSR count). The molecule has 1 unspecified atom stereocenters. The van der Waals surface area contributed by atoms with Crippen molar-refractivity contribution in [3.63, 3.8) is 0 Å². The number of nitrogens with one attached hydrogen (secondary N) is 1. The summed E-state index contributed by atoms with van der Waals surface area (Å²) < 4.78 is 5.97. The van der Waals surface area contributed by atoms with Gasteiger partial charge in [0.15, 0.2) is 0 Å². The molecule has 0 aliphatic rings. The first kappa shape index (κ1) is 14.1. The number of rotatable bonds is 6. The Morgan fingerprint density at radius 3 is 2.63 bits per heavy atom. The van der Waals surface area contributed by atoms with Crippen LogP contribution in [-0.4, -0.2) is 31.1 Å². The first-order chi connectivity index (χ1) is 9.11. The minimum atomic E-state index is 0.241. The van der Waals surface area contributed by atoms with Gasteiger partial charge in [0.05, 0.1) is 6.04 Å². The van der Waals surface area contributed by atoms with E-state index in [1.807, 2.05) is 18.2 Å².